The highest BCUT2D eigenvalue weighted by Crippen LogP contribution is 2.29. The Morgan fingerprint density at radius 2 is 2.00 bits per heavy atom. The molecule has 0 aliphatic rings. The molecular formula is C14H19NO4. The van der Waals surface area contributed by atoms with Gasteiger partial charge in [-0.3, -0.25) is 4.79 Å². The van der Waals surface area contributed by atoms with E-state index in [1.54, 1.807) is 31.4 Å². The molecule has 5 heteroatoms. The minimum Gasteiger partial charge on any atom is -0.497 e. The second-order valence-corrected chi connectivity index (χ2v) is 4.40. The van der Waals surface area contributed by atoms with E-state index in [-0.39, 0.29) is 0 Å². The van der Waals surface area contributed by atoms with Gasteiger partial charge in [0.25, 0.3) is 0 Å². The van der Waals surface area contributed by atoms with Gasteiger partial charge in [0.05, 0.1) is 7.11 Å². The van der Waals surface area contributed by atoms with Crippen LogP contribution in [0, 0.1) is 0 Å². The molecule has 0 fully saturated rings. The van der Waals surface area contributed by atoms with Crippen molar-refractivity contribution in [1.29, 1.82) is 0 Å². The largest absolute Gasteiger partial charge is 0.497 e. The van der Waals surface area contributed by atoms with E-state index >= 15 is 0 Å². The topological polar surface area (TPSA) is 66.8 Å². The van der Waals surface area contributed by atoms with E-state index in [0.717, 1.165) is 0 Å². The highest BCUT2D eigenvalue weighted by Gasteiger charge is 2.40. The normalized spacial score (nSPS) is 13.4. The van der Waals surface area contributed by atoms with E-state index in [4.69, 9.17) is 4.74 Å². The van der Waals surface area contributed by atoms with Gasteiger partial charge in [-0.25, -0.2) is 4.79 Å². The number of rotatable bonds is 7. The summed E-state index contributed by atoms with van der Waals surface area (Å²) >= 11 is 0. The third kappa shape index (κ3) is 2.86. The van der Waals surface area contributed by atoms with Crippen molar-refractivity contribution in [3.8, 4) is 5.75 Å². The molecule has 0 radical (unpaired) electrons. The number of hydrogen-bond donors (Lipinski definition) is 1. The molecule has 0 heterocycles. The van der Waals surface area contributed by atoms with Crippen molar-refractivity contribution < 1.29 is 19.4 Å². The smallest absolute Gasteiger partial charge is 0.334 e. The molecular weight excluding hydrogens is 246 g/mol. The van der Waals surface area contributed by atoms with Gasteiger partial charge in [-0.1, -0.05) is 19.1 Å². The number of carboxylic acids is 1. The highest BCUT2D eigenvalue weighted by atomic mass is 16.5. The number of ether oxygens (including phenoxy) is 1. The number of aliphatic carboxylic acids is 1. The van der Waals surface area contributed by atoms with E-state index < -0.39 is 11.5 Å². The summed E-state index contributed by atoms with van der Waals surface area (Å²) in [7, 11) is 1.54. The van der Waals surface area contributed by atoms with Gasteiger partial charge in [0.2, 0.25) is 6.41 Å². The van der Waals surface area contributed by atoms with Gasteiger partial charge in [-0.15, -0.1) is 0 Å². The van der Waals surface area contributed by atoms with Crippen molar-refractivity contribution in [3.63, 3.8) is 0 Å². The Bertz CT molecular complexity index is 443. The molecule has 0 saturated carbocycles. The van der Waals surface area contributed by atoms with Gasteiger partial charge >= 0.3 is 5.97 Å². The third-order valence-corrected chi connectivity index (χ3v) is 3.23. The van der Waals surface area contributed by atoms with Crippen LogP contribution >= 0.6 is 0 Å². The van der Waals surface area contributed by atoms with Crippen LogP contribution in [0.1, 0.15) is 25.8 Å². The molecule has 1 amide bonds. The van der Waals surface area contributed by atoms with Crippen molar-refractivity contribution in [2.24, 2.45) is 0 Å². The fourth-order valence-corrected chi connectivity index (χ4v) is 1.95. The zero-order valence-electron chi connectivity index (χ0n) is 11.4. The molecule has 0 bridgehead atoms. The zero-order valence-corrected chi connectivity index (χ0v) is 11.4. The van der Waals surface area contributed by atoms with Gasteiger partial charge in [0.1, 0.15) is 5.75 Å². The molecule has 0 aliphatic carbocycles. The summed E-state index contributed by atoms with van der Waals surface area (Å²) in [5.74, 6) is -0.414. The number of carboxylic acid groups (broad SMARTS) is 1. The molecule has 0 saturated heterocycles. The third-order valence-electron chi connectivity index (χ3n) is 3.23. The van der Waals surface area contributed by atoms with Gasteiger partial charge in [-0.05, 0) is 31.0 Å². The molecule has 1 aromatic carbocycles. The summed E-state index contributed by atoms with van der Waals surface area (Å²) in [6.07, 6.45) is 1.28. The van der Waals surface area contributed by atoms with Crippen molar-refractivity contribution in [3.05, 3.63) is 29.8 Å². The Labute approximate surface area is 112 Å². The summed E-state index contributed by atoms with van der Waals surface area (Å²) < 4.78 is 5.05. The average Bonchev–Trinajstić information content (AvgIpc) is 2.43. The maximum atomic E-state index is 11.6. The molecule has 104 valence electrons. The van der Waals surface area contributed by atoms with Crippen LogP contribution in [-0.4, -0.2) is 36.0 Å². The molecule has 0 aromatic heterocycles. The first kappa shape index (κ1) is 15.0. The quantitative estimate of drug-likeness (QED) is 0.764. The first-order chi connectivity index (χ1) is 9.00. The monoisotopic (exact) mass is 265 g/mol. The van der Waals surface area contributed by atoms with Crippen LogP contribution in [0.3, 0.4) is 0 Å². The van der Waals surface area contributed by atoms with E-state index in [1.807, 2.05) is 6.92 Å². The summed E-state index contributed by atoms with van der Waals surface area (Å²) in [6, 6.07) is 6.70. The minimum atomic E-state index is -1.37. The lowest BCUT2D eigenvalue weighted by Gasteiger charge is -2.35. The van der Waals surface area contributed by atoms with Crippen molar-refractivity contribution in [1.82, 2.24) is 4.90 Å². The number of carbonyl (C=O) groups is 2. The number of hydrogen-bond acceptors (Lipinski definition) is 3. The molecule has 1 rings (SSSR count). The predicted molar refractivity (Wildman–Crippen MR) is 71.0 cm³/mol. The number of carbonyl (C=O) groups excluding carboxylic acids is 1. The molecule has 19 heavy (non-hydrogen) atoms. The van der Waals surface area contributed by atoms with Crippen LogP contribution in [0.15, 0.2) is 24.3 Å². The Hall–Kier alpha value is -2.04. The number of amides is 1. The lowest BCUT2D eigenvalue weighted by atomic mass is 9.90. The predicted octanol–water partition coefficient (Wildman–Crippen LogP) is 1.86. The maximum Gasteiger partial charge on any atom is 0.334 e. The Balaban J connectivity index is 3.23. The first-order valence-corrected chi connectivity index (χ1v) is 6.10. The second-order valence-electron chi connectivity index (χ2n) is 4.40. The Morgan fingerprint density at radius 3 is 2.37 bits per heavy atom. The van der Waals surface area contributed by atoms with Crippen LogP contribution in [0.25, 0.3) is 0 Å². The van der Waals surface area contributed by atoms with Gasteiger partial charge in [0.15, 0.2) is 5.54 Å². The summed E-state index contributed by atoms with van der Waals surface area (Å²) in [5, 5.41) is 9.51. The highest BCUT2D eigenvalue weighted by molar-refractivity contribution is 5.82. The molecule has 0 aliphatic heterocycles. The fraction of sp³-hybridized carbons (Fsp3) is 0.429. The fourth-order valence-electron chi connectivity index (χ4n) is 1.95. The van der Waals surface area contributed by atoms with Gasteiger partial charge in [0, 0.05) is 6.54 Å². The molecule has 1 unspecified atom stereocenters. The lowest BCUT2D eigenvalue weighted by molar-refractivity contribution is -0.154. The van der Waals surface area contributed by atoms with E-state index in [9.17, 15) is 14.7 Å². The van der Waals surface area contributed by atoms with Gasteiger partial charge < -0.3 is 14.7 Å². The van der Waals surface area contributed by atoms with Gasteiger partial charge in [-0.2, -0.15) is 0 Å². The number of methoxy groups -OCH3 is 1. The van der Waals surface area contributed by atoms with Crippen LogP contribution in [0.4, 0.5) is 0 Å². The second kappa shape index (κ2) is 6.22. The van der Waals surface area contributed by atoms with Crippen molar-refractivity contribution in [2.45, 2.75) is 25.8 Å². The van der Waals surface area contributed by atoms with Crippen molar-refractivity contribution in [2.75, 3.05) is 13.7 Å². The number of benzene rings is 1. The zero-order chi connectivity index (χ0) is 14.5. The van der Waals surface area contributed by atoms with E-state index in [0.29, 0.717) is 30.7 Å². The summed E-state index contributed by atoms with van der Waals surface area (Å²) in [5.41, 5.74) is -0.828. The maximum absolute atomic E-state index is 11.6. The lowest BCUT2D eigenvalue weighted by Crippen LogP contribution is -2.49. The molecule has 5 nitrogen and oxygen atoms in total. The van der Waals surface area contributed by atoms with E-state index in [1.165, 1.54) is 11.8 Å². The standard InChI is InChI=1S/C14H19NO4/c1-4-9-15(10-16)14(2,13(17)18)11-5-7-12(19-3)8-6-11/h5-8,10H,4,9H2,1-3H3,(H,17,18). The Morgan fingerprint density at radius 1 is 1.42 bits per heavy atom. The summed E-state index contributed by atoms with van der Waals surface area (Å²) in [6.45, 7) is 3.81. The molecule has 1 aromatic rings. The van der Waals surface area contributed by atoms with Crippen LogP contribution in [-0.2, 0) is 15.1 Å². The molecule has 1 N–H and O–H groups in total. The molecule has 1 atom stereocenters. The van der Waals surface area contributed by atoms with Crippen molar-refractivity contribution >= 4 is 12.4 Å². The van der Waals surface area contributed by atoms with E-state index in [2.05, 4.69) is 0 Å². The van der Waals surface area contributed by atoms with Crippen LogP contribution < -0.4 is 4.74 Å². The SMILES string of the molecule is CCCN(C=O)C(C)(C(=O)O)c1ccc(OC)cc1. The minimum absolute atomic E-state index is 0.387. The van der Waals surface area contributed by atoms with Crippen LogP contribution in [0.5, 0.6) is 5.75 Å². The van der Waals surface area contributed by atoms with Crippen LogP contribution in [0.2, 0.25) is 0 Å². The Kier molecular flexibility index (Phi) is 4.92. The molecule has 0 spiro atoms. The summed E-state index contributed by atoms with van der Waals surface area (Å²) in [4.78, 5) is 24.1. The first-order valence-electron chi connectivity index (χ1n) is 6.10. The average molecular weight is 265 g/mol. The number of nitrogens with zero attached hydrogens (tertiary/aromatic N) is 1.